The minimum Gasteiger partial charge on any atom is -0.345 e. The summed E-state index contributed by atoms with van der Waals surface area (Å²) in [6, 6.07) is 12.0. The third kappa shape index (κ3) is 2.93. The van der Waals surface area contributed by atoms with Gasteiger partial charge in [0.15, 0.2) is 0 Å². The summed E-state index contributed by atoms with van der Waals surface area (Å²) in [5, 5.41) is 3.27. The van der Waals surface area contributed by atoms with Crippen LogP contribution in [0.3, 0.4) is 0 Å². The molecule has 0 radical (unpaired) electrons. The second-order valence-corrected chi connectivity index (χ2v) is 5.68. The molecular formula is C17H15ClFNO. The van der Waals surface area contributed by atoms with E-state index in [-0.39, 0.29) is 11.6 Å². The van der Waals surface area contributed by atoms with Crippen molar-refractivity contribution in [3.63, 3.8) is 0 Å². The average molecular weight is 304 g/mol. The number of nitrogens with one attached hydrogen (secondary N) is 1. The predicted octanol–water partition coefficient (Wildman–Crippen LogP) is 4.29. The molecule has 4 heteroatoms. The topological polar surface area (TPSA) is 29.1 Å². The first-order valence-corrected chi connectivity index (χ1v) is 7.36. The number of aryl methyl sites for hydroxylation is 1. The van der Waals surface area contributed by atoms with Crippen LogP contribution < -0.4 is 5.32 Å². The van der Waals surface area contributed by atoms with Gasteiger partial charge in [-0.2, -0.15) is 0 Å². The van der Waals surface area contributed by atoms with E-state index in [0.29, 0.717) is 5.02 Å². The SMILES string of the molecule is O=C(NC1CCCc2ccccc21)c1cc(Cl)ccc1F. The van der Waals surface area contributed by atoms with Crippen LogP contribution in [0, 0.1) is 5.82 Å². The highest BCUT2D eigenvalue weighted by atomic mass is 35.5. The van der Waals surface area contributed by atoms with Gasteiger partial charge in [-0.3, -0.25) is 4.79 Å². The molecule has 1 unspecified atom stereocenters. The molecule has 2 aromatic carbocycles. The lowest BCUT2D eigenvalue weighted by Crippen LogP contribution is -2.31. The highest BCUT2D eigenvalue weighted by Crippen LogP contribution is 2.29. The Kier molecular flexibility index (Phi) is 3.93. The average Bonchev–Trinajstić information content (AvgIpc) is 2.50. The highest BCUT2D eigenvalue weighted by molar-refractivity contribution is 6.31. The Labute approximate surface area is 127 Å². The monoisotopic (exact) mass is 303 g/mol. The van der Waals surface area contributed by atoms with Gasteiger partial charge in [0.05, 0.1) is 11.6 Å². The summed E-state index contributed by atoms with van der Waals surface area (Å²) in [7, 11) is 0. The van der Waals surface area contributed by atoms with E-state index >= 15 is 0 Å². The van der Waals surface area contributed by atoms with E-state index in [0.717, 1.165) is 24.8 Å². The van der Waals surface area contributed by atoms with Crippen molar-refractivity contribution in [3.8, 4) is 0 Å². The second-order valence-electron chi connectivity index (χ2n) is 5.24. The number of halogens is 2. The molecule has 0 fully saturated rings. The maximum atomic E-state index is 13.8. The predicted molar refractivity (Wildman–Crippen MR) is 81.0 cm³/mol. The molecule has 21 heavy (non-hydrogen) atoms. The van der Waals surface area contributed by atoms with Crippen molar-refractivity contribution in [1.29, 1.82) is 0 Å². The third-order valence-electron chi connectivity index (χ3n) is 3.85. The van der Waals surface area contributed by atoms with E-state index in [2.05, 4.69) is 11.4 Å². The number of benzene rings is 2. The number of carbonyl (C=O) groups excluding carboxylic acids is 1. The Morgan fingerprint density at radius 3 is 2.90 bits per heavy atom. The zero-order valence-corrected chi connectivity index (χ0v) is 12.2. The maximum absolute atomic E-state index is 13.8. The van der Waals surface area contributed by atoms with Crippen molar-refractivity contribution in [1.82, 2.24) is 5.32 Å². The van der Waals surface area contributed by atoms with E-state index in [1.807, 2.05) is 18.2 Å². The fourth-order valence-corrected chi connectivity index (χ4v) is 2.98. The first-order chi connectivity index (χ1) is 10.1. The molecule has 1 amide bonds. The van der Waals surface area contributed by atoms with Crippen molar-refractivity contribution in [2.45, 2.75) is 25.3 Å². The minimum absolute atomic E-state index is 0.00875. The summed E-state index contributed by atoms with van der Waals surface area (Å²) >= 11 is 5.84. The van der Waals surface area contributed by atoms with Crippen LogP contribution >= 0.6 is 11.6 Å². The number of amides is 1. The minimum atomic E-state index is -0.555. The molecule has 0 heterocycles. The summed E-state index contributed by atoms with van der Waals surface area (Å²) in [5.74, 6) is -0.974. The van der Waals surface area contributed by atoms with Gasteiger partial charge in [0, 0.05) is 5.02 Å². The quantitative estimate of drug-likeness (QED) is 0.881. The number of fused-ring (bicyclic) bond motifs is 1. The molecule has 1 aliphatic carbocycles. The molecule has 0 spiro atoms. The second kappa shape index (κ2) is 5.86. The first kappa shape index (κ1) is 14.1. The van der Waals surface area contributed by atoms with Gasteiger partial charge in [0.25, 0.3) is 5.91 Å². The van der Waals surface area contributed by atoms with E-state index in [1.165, 1.54) is 23.8 Å². The van der Waals surface area contributed by atoms with Gasteiger partial charge < -0.3 is 5.32 Å². The largest absolute Gasteiger partial charge is 0.345 e. The summed E-state index contributed by atoms with van der Waals surface area (Å²) in [4.78, 5) is 12.3. The third-order valence-corrected chi connectivity index (χ3v) is 4.08. The molecule has 1 aliphatic rings. The van der Waals surface area contributed by atoms with Gasteiger partial charge in [-0.1, -0.05) is 35.9 Å². The molecule has 2 nitrogen and oxygen atoms in total. The van der Waals surface area contributed by atoms with Gasteiger partial charge >= 0.3 is 0 Å². The summed E-state index contributed by atoms with van der Waals surface area (Å²) in [5.41, 5.74) is 2.37. The number of hydrogen-bond acceptors (Lipinski definition) is 1. The molecule has 2 aromatic rings. The highest BCUT2D eigenvalue weighted by Gasteiger charge is 2.23. The molecule has 108 valence electrons. The molecular weight excluding hydrogens is 289 g/mol. The Bertz CT molecular complexity index is 686. The van der Waals surface area contributed by atoms with Gasteiger partial charge in [0.1, 0.15) is 5.82 Å². The van der Waals surface area contributed by atoms with Crippen LogP contribution in [-0.4, -0.2) is 5.91 Å². The number of rotatable bonds is 2. The van der Waals surface area contributed by atoms with Gasteiger partial charge in [-0.25, -0.2) is 4.39 Å². The van der Waals surface area contributed by atoms with Crippen molar-refractivity contribution in [3.05, 3.63) is 70.0 Å². The van der Waals surface area contributed by atoms with Crippen LogP contribution in [0.4, 0.5) is 4.39 Å². The van der Waals surface area contributed by atoms with Crippen molar-refractivity contribution < 1.29 is 9.18 Å². The van der Waals surface area contributed by atoms with Crippen LogP contribution in [0.25, 0.3) is 0 Å². The van der Waals surface area contributed by atoms with Crippen molar-refractivity contribution in [2.75, 3.05) is 0 Å². The van der Waals surface area contributed by atoms with Crippen LogP contribution in [-0.2, 0) is 6.42 Å². The van der Waals surface area contributed by atoms with Gasteiger partial charge in [-0.05, 0) is 48.6 Å². The van der Waals surface area contributed by atoms with E-state index in [1.54, 1.807) is 0 Å². The molecule has 0 saturated carbocycles. The lowest BCUT2D eigenvalue weighted by atomic mass is 9.87. The summed E-state index contributed by atoms with van der Waals surface area (Å²) < 4.78 is 13.8. The molecule has 3 rings (SSSR count). The molecule has 1 atom stereocenters. The van der Waals surface area contributed by atoms with Crippen LogP contribution in [0.1, 0.15) is 40.4 Å². The lowest BCUT2D eigenvalue weighted by molar-refractivity contribution is 0.0928. The molecule has 0 aromatic heterocycles. The van der Waals surface area contributed by atoms with Crippen molar-refractivity contribution >= 4 is 17.5 Å². The molecule has 0 aliphatic heterocycles. The summed E-state index contributed by atoms with van der Waals surface area (Å²) in [6.07, 6.45) is 2.90. The number of carbonyl (C=O) groups is 1. The lowest BCUT2D eigenvalue weighted by Gasteiger charge is -2.26. The smallest absolute Gasteiger partial charge is 0.254 e. The number of hydrogen-bond donors (Lipinski definition) is 1. The maximum Gasteiger partial charge on any atom is 0.254 e. The standard InChI is InChI=1S/C17H15ClFNO/c18-12-8-9-15(19)14(10-12)17(21)20-16-7-3-5-11-4-1-2-6-13(11)16/h1-2,4,6,8-10,16H,3,5,7H2,(H,20,21). The Hall–Kier alpha value is -1.87. The fourth-order valence-electron chi connectivity index (χ4n) is 2.81. The molecule has 1 N–H and O–H groups in total. The Morgan fingerprint density at radius 2 is 2.05 bits per heavy atom. The fraction of sp³-hybridized carbons (Fsp3) is 0.235. The summed E-state index contributed by atoms with van der Waals surface area (Å²) in [6.45, 7) is 0. The van der Waals surface area contributed by atoms with Gasteiger partial charge in [0.2, 0.25) is 0 Å². The van der Waals surface area contributed by atoms with E-state index in [4.69, 9.17) is 11.6 Å². The van der Waals surface area contributed by atoms with E-state index in [9.17, 15) is 9.18 Å². The zero-order chi connectivity index (χ0) is 14.8. The van der Waals surface area contributed by atoms with Crippen molar-refractivity contribution in [2.24, 2.45) is 0 Å². The normalized spacial score (nSPS) is 17.1. The Morgan fingerprint density at radius 1 is 1.24 bits per heavy atom. The van der Waals surface area contributed by atoms with Gasteiger partial charge in [-0.15, -0.1) is 0 Å². The van der Waals surface area contributed by atoms with Crippen LogP contribution in [0.5, 0.6) is 0 Å². The first-order valence-electron chi connectivity index (χ1n) is 6.99. The molecule has 0 bridgehead atoms. The van der Waals surface area contributed by atoms with Crippen LogP contribution in [0.2, 0.25) is 5.02 Å². The van der Waals surface area contributed by atoms with Crippen LogP contribution in [0.15, 0.2) is 42.5 Å². The molecule has 0 saturated heterocycles. The van der Waals surface area contributed by atoms with E-state index < -0.39 is 11.7 Å². The zero-order valence-electron chi connectivity index (χ0n) is 11.4. The Balaban J connectivity index is 1.84.